The molecule has 0 radical (unpaired) electrons. The summed E-state index contributed by atoms with van der Waals surface area (Å²) < 4.78 is 1.58. The molecule has 1 amide bonds. The second-order valence-electron chi connectivity index (χ2n) is 5.35. The number of anilines is 1. The van der Waals surface area contributed by atoms with Crippen LogP contribution in [0.1, 0.15) is 10.5 Å². The van der Waals surface area contributed by atoms with Gasteiger partial charge in [-0.25, -0.2) is 4.98 Å². The van der Waals surface area contributed by atoms with Gasteiger partial charge < -0.3 is 5.32 Å². The average Bonchev–Trinajstić information content (AvgIpc) is 3.22. The second-order valence-corrected chi connectivity index (χ2v) is 5.35. The van der Waals surface area contributed by atoms with E-state index in [4.69, 9.17) is 0 Å². The first-order valence-electron chi connectivity index (χ1n) is 7.42. The largest absolute Gasteiger partial charge is 0.305 e. The number of hydrogen-bond acceptors (Lipinski definition) is 4. The number of carbonyl (C=O) groups is 1. The van der Waals surface area contributed by atoms with Crippen LogP contribution in [0.2, 0.25) is 0 Å². The Kier molecular flexibility index (Phi) is 3.31. The van der Waals surface area contributed by atoms with Crippen molar-refractivity contribution >= 4 is 22.8 Å². The number of nitrogens with one attached hydrogen (secondary N) is 2. The lowest BCUT2D eigenvalue weighted by Crippen LogP contribution is -2.13. The maximum absolute atomic E-state index is 12.4. The smallest absolute Gasteiger partial charge is 0.277 e. The van der Waals surface area contributed by atoms with Crippen molar-refractivity contribution in [1.82, 2.24) is 25.0 Å². The van der Waals surface area contributed by atoms with Gasteiger partial charge in [0.15, 0.2) is 11.3 Å². The topological polar surface area (TPSA) is 88.5 Å². The van der Waals surface area contributed by atoms with Gasteiger partial charge in [0.05, 0.1) is 5.39 Å². The summed E-state index contributed by atoms with van der Waals surface area (Å²) in [5.74, 6) is 0.205. The maximum Gasteiger partial charge on any atom is 0.277 e. The standard InChI is InChI=1S/C17H14N6O/c1-23-10-8-13(22-23)17(24)19-16-14-12(11-5-3-2-4-6-11)7-9-18-15(14)20-21-16/h2-10H,1H3,(H2,18,19,20,21,24). The van der Waals surface area contributed by atoms with Crippen LogP contribution < -0.4 is 5.32 Å². The van der Waals surface area contributed by atoms with Gasteiger partial charge in [-0.3, -0.25) is 14.6 Å². The third kappa shape index (κ3) is 2.41. The first-order valence-corrected chi connectivity index (χ1v) is 7.42. The molecular weight excluding hydrogens is 304 g/mol. The number of benzene rings is 1. The summed E-state index contributed by atoms with van der Waals surface area (Å²) in [6.07, 6.45) is 3.42. The Morgan fingerprint density at radius 2 is 2.00 bits per heavy atom. The zero-order valence-corrected chi connectivity index (χ0v) is 12.9. The number of aryl methyl sites for hydroxylation is 1. The number of nitrogens with zero attached hydrogens (tertiary/aromatic N) is 4. The Hall–Kier alpha value is -3.48. The minimum Gasteiger partial charge on any atom is -0.305 e. The lowest BCUT2D eigenvalue weighted by molar-refractivity contribution is 0.102. The maximum atomic E-state index is 12.4. The summed E-state index contributed by atoms with van der Waals surface area (Å²) in [7, 11) is 1.76. The fraction of sp³-hybridized carbons (Fsp3) is 0.0588. The molecule has 0 fully saturated rings. The highest BCUT2D eigenvalue weighted by molar-refractivity contribution is 6.09. The molecule has 0 atom stereocenters. The van der Waals surface area contributed by atoms with Gasteiger partial charge in [-0.1, -0.05) is 30.3 Å². The van der Waals surface area contributed by atoms with Gasteiger partial charge in [-0.15, -0.1) is 0 Å². The van der Waals surface area contributed by atoms with Crippen LogP contribution in [0.15, 0.2) is 54.9 Å². The van der Waals surface area contributed by atoms with E-state index in [1.807, 2.05) is 36.4 Å². The molecule has 0 aliphatic heterocycles. The predicted molar refractivity (Wildman–Crippen MR) is 90.5 cm³/mol. The monoisotopic (exact) mass is 318 g/mol. The van der Waals surface area contributed by atoms with Crippen molar-refractivity contribution < 1.29 is 4.79 Å². The molecule has 0 aliphatic rings. The van der Waals surface area contributed by atoms with Gasteiger partial charge >= 0.3 is 0 Å². The Bertz CT molecular complexity index is 1020. The lowest BCUT2D eigenvalue weighted by atomic mass is 10.0. The van der Waals surface area contributed by atoms with Crippen molar-refractivity contribution in [3.8, 4) is 11.1 Å². The number of carbonyl (C=O) groups excluding carboxylic acids is 1. The van der Waals surface area contributed by atoms with Crippen LogP contribution in [0.25, 0.3) is 22.2 Å². The highest BCUT2D eigenvalue weighted by Gasteiger charge is 2.16. The number of fused-ring (bicyclic) bond motifs is 1. The molecule has 3 aromatic heterocycles. The second kappa shape index (κ2) is 5.62. The molecule has 0 spiro atoms. The normalized spacial score (nSPS) is 10.9. The first-order chi connectivity index (χ1) is 11.7. The van der Waals surface area contributed by atoms with E-state index in [-0.39, 0.29) is 5.91 Å². The highest BCUT2D eigenvalue weighted by Crippen LogP contribution is 2.31. The molecule has 0 bridgehead atoms. The van der Waals surface area contributed by atoms with Gasteiger partial charge in [0.2, 0.25) is 0 Å². The van der Waals surface area contributed by atoms with Crippen LogP contribution in [-0.4, -0.2) is 30.9 Å². The molecule has 7 heteroatoms. The zero-order valence-electron chi connectivity index (χ0n) is 12.9. The van der Waals surface area contributed by atoms with Crippen molar-refractivity contribution in [2.24, 2.45) is 7.05 Å². The zero-order chi connectivity index (χ0) is 16.5. The Labute approximate surface area is 137 Å². The molecule has 4 rings (SSSR count). The summed E-state index contributed by atoms with van der Waals surface area (Å²) >= 11 is 0. The molecule has 0 unspecified atom stereocenters. The van der Waals surface area contributed by atoms with E-state index >= 15 is 0 Å². The van der Waals surface area contributed by atoms with E-state index < -0.39 is 0 Å². The quantitative estimate of drug-likeness (QED) is 0.608. The molecule has 3 heterocycles. The van der Waals surface area contributed by atoms with Gasteiger partial charge in [0.25, 0.3) is 5.91 Å². The van der Waals surface area contributed by atoms with Crippen LogP contribution >= 0.6 is 0 Å². The molecule has 24 heavy (non-hydrogen) atoms. The third-order valence-corrected chi connectivity index (χ3v) is 3.72. The minimum atomic E-state index is -0.302. The fourth-order valence-corrected chi connectivity index (χ4v) is 2.61. The van der Waals surface area contributed by atoms with Crippen LogP contribution in [-0.2, 0) is 7.05 Å². The number of rotatable bonds is 3. The van der Waals surface area contributed by atoms with Crippen LogP contribution in [0, 0.1) is 0 Å². The summed E-state index contributed by atoms with van der Waals surface area (Å²) in [6, 6.07) is 13.5. The van der Waals surface area contributed by atoms with Crippen LogP contribution in [0.4, 0.5) is 5.82 Å². The minimum absolute atomic E-state index is 0.302. The van der Waals surface area contributed by atoms with Crippen LogP contribution in [0.3, 0.4) is 0 Å². The van der Waals surface area contributed by atoms with E-state index in [2.05, 4.69) is 25.6 Å². The molecular formula is C17H14N6O. The van der Waals surface area contributed by atoms with Crippen molar-refractivity contribution in [3.63, 3.8) is 0 Å². The lowest BCUT2D eigenvalue weighted by Gasteiger charge is -2.06. The van der Waals surface area contributed by atoms with Crippen molar-refractivity contribution in [2.75, 3.05) is 5.32 Å². The van der Waals surface area contributed by atoms with E-state index in [0.717, 1.165) is 16.5 Å². The Morgan fingerprint density at radius 1 is 1.17 bits per heavy atom. The fourth-order valence-electron chi connectivity index (χ4n) is 2.61. The third-order valence-electron chi connectivity index (χ3n) is 3.72. The molecule has 2 N–H and O–H groups in total. The van der Waals surface area contributed by atoms with Gasteiger partial charge in [-0.05, 0) is 23.3 Å². The van der Waals surface area contributed by atoms with Gasteiger partial charge in [-0.2, -0.15) is 10.2 Å². The molecule has 0 saturated heterocycles. The van der Waals surface area contributed by atoms with Crippen LogP contribution in [0.5, 0.6) is 0 Å². The SMILES string of the molecule is Cn1ccc(C(=O)Nc2[nH]nc3nccc(-c4ccccc4)c23)n1. The highest BCUT2D eigenvalue weighted by atomic mass is 16.2. The number of aromatic nitrogens is 5. The van der Waals surface area contributed by atoms with E-state index in [0.29, 0.717) is 17.2 Å². The summed E-state index contributed by atoms with van der Waals surface area (Å²) in [4.78, 5) is 16.6. The first kappa shape index (κ1) is 14.1. The van der Waals surface area contributed by atoms with Crippen molar-refractivity contribution in [3.05, 3.63) is 60.6 Å². The van der Waals surface area contributed by atoms with Crippen molar-refractivity contribution in [1.29, 1.82) is 0 Å². The number of aromatic amines is 1. The number of H-pyrrole nitrogens is 1. The average molecular weight is 318 g/mol. The Morgan fingerprint density at radius 3 is 2.75 bits per heavy atom. The molecule has 7 nitrogen and oxygen atoms in total. The van der Waals surface area contributed by atoms with E-state index in [1.165, 1.54) is 0 Å². The Balaban J connectivity index is 1.78. The predicted octanol–water partition coefficient (Wildman–Crippen LogP) is 2.61. The molecule has 1 aromatic carbocycles. The molecule has 118 valence electrons. The number of pyridine rings is 1. The number of amides is 1. The summed E-state index contributed by atoms with van der Waals surface area (Å²) in [5.41, 5.74) is 2.86. The molecule has 0 saturated carbocycles. The van der Waals surface area contributed by atoms with Gasteiger partial charge in [0, 0.05) is 19.4 Å². The summed E-state index contributed by atoms with van der Waals surface area (Å²) in [6.45, 7) is 0. The van der Waals surface area contributed by atoms with E-state index in [9.17, 15) is 4.79 Å². The molecule has 0 aliphatic carbocycles. The van der Waals surface area contributed by atoms with Gasteiger partial charge in [0.1, 0.15) is 5.82 Å². The van der Waals surface area contributed by atoms with Crippen molar-refractivity contribution in [2.45, 2.75) is 0 Å². The van der Waals surface area contributed by atoms with E-state index in [1.54, 1.807) is 30.2 Å². The molecule has 4 aromatic rings. The summed E-state index contributed by atoms with van der Waals surface area (Å²) in [5, 5.41) is 14.7. The number of hydrogen-bond donors (Lipinski definition) is 2.